The van der Waals surface area contributed by atoms with Crippen LogP contribution in [0.2, 0.25) is 0 Å². The molecule has 2 aromatic carbocycles. The Morgan fingerprint density at radius 1 is 1.13 bits per heavy atom. The summed E-state index contributed by atoms with van der Waals surface area (Å²) in [5.41, 5.74) is 3.90. The fraction of sp³-hybridized carbons (Fsp3) is 0.320. The van der Waals surface area contributed by atoms with Gasteiger partial charge in [-0.1, -0.05) is 12.1 Å². The van der Waals surface area contributed by atoms with Gasteiger partial charge in [0, 0.05) is 29.4 Å². The van der Waals surface area contributed by atoms with Crippen molar-refractivity contribution in [2.75, 3.05) is 4.90 Å². The SMILES string of the molecule is Cc1nccc(N2c3ccc(C4(NC(=O)c5ccc(F)cc5)CC4)cc3[C@@H]3CC[C@@H]32)n1. The molecule has 6 heteroatoms. The molecule has 2 heterocycles. The zero-order chi connectivity index (χ0) is 21.2. The molecule has 2 fully saturated rings. The maximum absolute atomic E-state index is 13.2. The van der Waals surface area contributed by atoms with Gasteiger partial charge in [0.05, 0.1) is 5.54 Å². The van der Waals surface area contributed by atoms with Gasteiger partial charge in [-0.25, -0.2) is 14.4 Å². The summed E-state index contributed by atoms with van der Waals surface area (Å²) in [6.07, 6.45) is 5.99. The lowest BCUT2D eigenvalue weighted by atomic mass is 9.77. The summed E-state index contributed by atoms with van der Waals surface area (Å²) < 4.78 is 13.2. The molecule has 2 atom stereocenters. The summed E-state index contributed by atoms with van der Waals surface area (Å²) in [5.74, 6) is 1.75. The van der Waals surface area contributed by atoms with Crippen molar-refractivity contribution >= 4 is 17.4 Å². The van der Waals surface area contributed by atoms with Crippen LogP contribution < -0.4 is 10.2 Å². The van der Waals surface area contributed by atoms with Crippen molar-refractivity contribution in [2.24, 2.45) is 0 Å². The second-order valence-electron chi connectivity index (χ2n) is 8.90. The van der Waals surface area contributed by atoms with Crippen LogP contribution in [0.5, 0.6) is 0 Å². The predicted molar refractivity (Wildman–Crippen MR) is 116 cm³/mol. The van der Waals surface area contributed by atoms with E-state index < -0.39 is 0 Å². The highest BCUT2D eigenvalue weighted by atomic mass is 19.1. The molecule has 1 aliphatic heterocycles. The highest BCUT2D eigenvalue weighted by molar-refractivity contribution is 5.95. The summed E-state index contributed by atoms with van der Waals surface area (Å²) >= 11 is 0. The van der Waals surface area contributed by atoms with Crippen molar-refractivity contribution in [3.05, 3.63) is 83.1 Å². The first-order valence-electron chi connectivity index (χ1n) is 10.9. The highest BCUT2D eigenvalue weighted by Crippen LogP contribution is 2.56. The predicted octanol–water partition coefficient (Wildman–Crippen LogP) is 4.74. The largest absolute Gasteiger partial charge is 0.343 e. The van der Waals surface area contributed by atoms with Gasteiger partial charge in [-0.3, -0.25) is 4.79 Å². The summed E-state index contributed by atoms with van der Waals surface area (Å²) in [4.78, 5) is 24.0. The van der Waals surface area contributed by atoms with E-state index in [1.807, 2.05) is 19.2 Å². The molecule has 3 aliphatic rings. The molecule has 0 radical (unpaired) electrons. The Morgan fingerprint density at radius 2 is 1.94 bits per heavy atom. The van der Waals surface area contributed by atoms with Gasteiger partial charge < -0.3 is 10.2 Å². The molecule has 0 saturated heterocycles. The van der Waals surface area contributed by atoms with E-state index in [-0.39, 0.29) is 17.3 Å². The van der Waals surface area contributed by atoms with Crippen LogP contribution in [0, 0.1) is 12.7 Å². The molecule has 0 bridgehead atoms. The number of anilines is 2. The topological polar surface area (TPSA) is 58.1 Å². The Kier molecular flexibility index (Phi) is 3.94. The summed E-state index contributed by atoms with van der Waals surface area (Å²) in [6, 6.07) is 14.8. The smallest absolute Gasteiger partial charge is 0.251 e. The van der Waals surface area contributed by atoms with Crippen LogP contribution >= 0.6 is 0 Å². The fourth-order valence-electron chi connectivity index (χ4n) is 5.07. The van der Waals surface area contributed by atoms with Crippen LogP contribution in [0.4, 0.5) is 15.9 Å². The molecule has 0 spiro atoms. The second-order valence-corrected chi connectivity index (χ2v) is 8.90. The van der Waals surface area contributed by atoms with E-state index in [1.165, 1.54) is 41.9 Å². The lowest BCUT2D eigenvalue weighted by molar-refractivity contribution is 0.0930. The number of hydrogen-bond donors (Lipinski definition) is 1. The second kappa shape index (κ2) is 6.61. The Hall–Kier alpha value is -3.28. The van der Waals surface area contributed by atoms with Crippen LogP contribution in [0.3, 0.4) is 0 Å². The average molecular weight is 414 g/mol. The molecular formula is C25H23FN4O. The van der Waals surface area contributed by atoms with E-state index in [0.717, 1.165) is 36.5 Å². The number of aryl methyl sites for hydroxylation is 1. The third-order valence-corrected chi connectivity index (χ3v) is 7.03. The lowest BCUT2D eigenvalue weighted by Gasteiger charge is -2.37. The number of benzene rings is 2. The average Bonchev–Trinajstić information content (AvgIpc) is 3.48. The van der Waals surface area contributed by atoms with Crippen LogP contribution in [0.1, 0.15) is 58.9 Å². The van der Waals surface area contributed by atoms with Crippen molar-refractivity contribution in [1.29, 1.82) is 0 Å². The van der Waals surface area contributed by atoms with E-state index >= 15 is 0 Å². The quantitative estimate of drug-likeness (QED) is 0.670. The van der Waals surface area contributed by atoms with E-state index in [1.54, 1.807) is 0 Å². The number of hydrogen-bond acceptors (Lipinski definition) is 4. The maximum atomic E-state index is 13.2. The minimum atomic E-state index is -0.338. The van der Waals surface area contributed by atoms with E-state index in [2.05, 4.69) is 38.4 Å². The number of fused-ring (bicyclic) bond motifs is 3. The fourth-order valence-corrected chi connectivity index (χ4v) is 5.07. The summed E-state index contributed by atoms with van der Waals surface area (Å²) in [5, 5.41) is 3.21. The van der Waals surface area contributed by atoms with Crippen molar-refractivity contribution in [1.82, 2.24) is 15.3 Å². The lowest BCUT2D eigenvalue weighted by Crippen LogP contribution is -2.37. The minimum Gasteiger partial charge on any atom is -0.343 e. The molecule has 2 saturated carbocycles. The Balaban J connectivity index is 1.31. The number of rotatable bonds is 4. The van der Waals surface area contributed by atoms with Gasteiger partial charge in [-0.15, -0.1) is 0 Å². The van der Waals surface area contributed by atoms with Gasteiger partial charge in [0.1, 0.15) is 17.5 Å². The number of halogens is 1. The van der Waals surface area contributed by atoms with E-state index in [4.69, 9.17) is 0 Å². The molecule has 1 N–H and O–H groups in total. The normalized spacial score (nSPS) is 22.3. The third kappa shape index (κ3) is 2.92. The highest BCUT2D eigenvalue weighted by Gasteiger charge is 2.49. The summed E-state index contributed by atoms with van der Waals surface area (Å²) in [7, 11) is 0. The first-order valence-corrected chi connectivity index (χ1v) is 10.9. The van der Waals surface area contributed by atoms with Crippen molar-refractivity contribution < 1.29 is 9.18 Å². The van der Waals surface area contributed by atoms with Crippen LogP contribution in [0.25, 0.3) is 0 Å². The van der Waals surface area contributed by atoms with Gasteiger partial charge in [-0.2, -0.15) is 0 Å². The number of aromatic nitrogens is 2. The zero-order valence-corrected chi connectivity index (χ0v) is 17.3. The van der Waals surface area contributed by atoms with Crippen molar-refractivity contribution in [3.63, 3.8) is 0 Å². The van der Waals surface area contributed by atoms with Crippen molar-refractivity contribution in [2.45, 2.75) is 50.1 Å². The molecule has 5 nitrogen and oxygen atoms in total. The van der Waals surface area contributed by atoms with Gasteiger partial charge in [0.2, 0.25) is 0 Å². The van der Waals surface area contributed by atoms with Gasteiger partial charge >= 0.3 is 0 Å². The molecule has 156 valence electrons. The number of carbonyl (C=O) groups excluding carboxylic acids is 1. The van der Waals surface area contributed by atoms with Crippen LogP contribution in [-0.2, 0) is 5.54 Å². The standard InChI is InChI=1S/C25H23FN4O/c1-15-27-13-10-23(28-15)30-21-9-7-19(21)20-14-17(4-8-22(20)30)25(11-12-25)29-24(31)16-2-5-18(26)6-3-16/h2-6,8,10,13-14,19,21H,7,9,11-12H2,1H3,(H,29,31)/t19-,21-/m0/s1. The first kappa shape index (κ1) is 18.5. The number of carbonyl (C=O) groups is 1. The molecule has 1 aromatic heterocycles. The molecule has 6 rings (SSSR count). The molecular weight excluding hydrogens is 391 g/mol. The Labute approximate surface area is 180 Å². The number of amides is 1. The van der Waals surface area contributed by atoms with Crippen LogP contribution in [-0.4, -0.2) is 21.9 Å². The summed E-state index contributed by atoms with van der Waals surface area (Å²) in [6.45, 7) is 1.92. The number of nitrogens with zero attached hydrogens (tertiary/aromatic N) is 3. The van der Waals surface area contributed by atoms with E-state index in [0.29, 0.717) is 17.5 Å². The zero-order valence-electron chi connectivity index (χ0n) is 17.3. The first-order chi connectivity index (χ1) is 15.0. The van der Waals surface area contributed by atoms with Gasteiger partial charge in [0.25, 0.3) is 5.91 Å². The number of nitrogens with one attached hydrogen (secondary N) is 1. The van der Waals surface area contributed by atoms with Gasteiger partial charge in [-0.05, 0) is 80.1 Å². The van der Waals surface area contributed by atoms with Crippen molar-refractivity contribution in [3.8, 4) is 0 Å². The molecule has 2 aliphatic carbocycles. The molecule has 31 heavy (non-hydrogen) atoms. The van der Waals surface area contributed by atoms with Crippen LogP contribution in [0.15, 0.2) is 54.7 Å². The molecule has 3 aromatic rings. The Bertz CT molecular complexity index is 1190. The molecule has 0 unspecified atom stereocenters. The third-order valence-electron chi connectivity index (χ3n) is 7.03. The van der Waals surface area contributed by atoms with Gasteiger partial charge in [0.15, 0.2) is 0 Å². The monoisotopic (exact) mass is 414 g/mol. The molecule has 1 amide bonds. The van der Waals surface area contributed by atoms with E-state index in [9.17, 15) is 9.18 Å². The maximum Gasteiger partial charge on any atom is 0.251 e. The minimum absolute atomic E-state index is 0.155. The Morgan fingerprint density at radius 3 is 2.61 bits per heavy atom.